The number of benzene rings is 2. The Morgan fingerprint density at radius 2 is 1.72 bits per heavy atom. The monoisotopic (exact) mass is 236 g/mol. The van der Waals surface area contributed by atoms with E-state index in [2.05, 4.69) is 42.2 Å². The minimum Gasteiger partial charge on any atom is -0.345 e. The molecule has 0 radical (unpaired) electrons. The molecule has 0 aliphatic rings. The van der Waals surface area contributed by atoms with Crippen molar-refractivity contribution in [1.29, 1.82) is 5.26 Å². The van der Waals surface area contributed by atoms with Crippen molar-refractivity contribution in [2.75, 3.05) is 11.9 Å². The van der Waals surface area contributed by atoms with E-state index < -0.39 is 0 Å². The first-order valence-electron chi connectivity index (χ1n) is 5.93. The third-order valence-electron chi connectivity index (χ3n) is 3.11. The van der Waals surface area contributed by atoms with Gasteiger partial charge in [0.05, 0.1) is 11.6 Å². The molecule has 0 amide bonds. The highest BCUT2D eigenvalue weighted by molar-refractivity contribution is 5.64. The van der Waals surface area contributed by atoms with Crippen LogP contribution in [0.5, 0.6) is 0 Å². The zero-order valence-electron chi connectivity index (χ0n) is 10.9. The van der Waals surface area contributed by atoms with E-state index >= 15 is 0 Å². The summed E-state index contributed by atoms with van der Waals surface area (Å²) in [5, 5.41) is 8.94. The van der Waals surface area contributed by atoms with Crippen molar-refractivity contribution in [3.63, 3.8) is 0 Å². The Balaban J connectivity index is 2.38. The molecular formula is C16H16N2. The van der Waals surface area contributed by atoms with Crippen molar-refractivity contribution in [3.8, 4) is 6.07 Å². The Kier molecular flexibility index (Phi) is 3.34. The van der Waals surface area contributed by atoms with Crippen LogP contribution in [0.3, 0.4) is 0 Å². The average molecular weight is 236 g/mol. The molecule has 0 N–H and O–H groups in total. The molecule has 0 saturated carbocycles. The number of hydrogen-bond acceptors (Lipinski definition) is 2. The molecule has 2 rings (SSSR count). The Hall–Kier alpha value is -2.27. The molecule has 0 unspecified atom stereocenters. The van der Waals surface area contributed by atoms with Crippen LogP contribution in [0.15, 0.2) is 42.5 Å². The molecular weight excluding hydrogens is 220 g/mol. The molecule has 2 heteroatoms. The fourth-order valence-electron chi connectivity index (χ4n) is 1.97. The van der Waals surface area contributed by atoms with Gasteiger partial charge in [-0.3, -0.25) is 0 Å². The maximum absolute atomic E-state index is 8.94. The molecule has 2 aromatic carbocycles. The number of hydrogen-bond donors (Lipinski definition) is 0. The molecule has 0 saturated heterocycles. The van der Waals surface area contributed by atoms with Crippen LogP contribution in [0.2, 0.25) is 0 Å². The van der Waals surface area contributed by atoms with Gasteiger partial charge in [0, 0.05) is 18.4 Å². The minimum atomic E-state index is 0.733. The van der Waals surface area contributed by atoms with E-state index in [1.54, 1.807) is 0 Å². The van der Waals surface area contributed by atoms with Gasteiger partial charge in [-0.25, -0.2) is 0 Å². The lowest BCUT2D eigenvalue weighted by Crippen LogP contribution is -2.09. The lowest BCUT2D eigenvalue weighted by atomic mass is 10.1. The van der Waals surface area contributed by atoms with Crippen molar-refractivity contribution in [1.82, 2.24) is 0 Å². The highest BCUT2D eigenvalue weighted by atomic mass is 15.1. The third-order valence-corrected chi connectivity index (χ3v) is 3.11. The summed E-state index contributed by atoms with van der Waals surface area (Å²) in [6.45, 7) is 4.05. The molecule has 0 aromatic heterocycles. The highest BCUT2D eigenvalue weighted by Crippen LogP contribution is 2.25. The van der Waals surface area contributed by atoms with E-state index in [1.165, 1.54) is 5.56 Å². The van der Waals surface area contributed by atoms with Gasteiger partial charge in [0.1, 0.15) is 0 Å². The second-order valence-electron chi connectivity index (χ2n) is 4.51. The quantitative estimate of drug-likeness (QED) is 0.789. The summed E-state index contributed by atoms with van der Waals surface area (Å²) in [6, 6.07) is 16.5. The lowest BCUT2D eigenvalue weighted by molar-refractivity contribution is 1.19. The van der Waals surface area contributed by atoms with Crippen LogP contribution in [-0.2, 0) is 0 Å². The van der Waals surface area contributed by atoms with Crippen molar-refractivity contribution in [2.45, 2.75) is 13.8 Å². The molecule has 18 heavy (non-hydrogen) atoms. The van der Waals surface area contributed by atoms with Gasteiger partial charge in [0.15, 0.2) is 0 Å². The maximum Gasteiger partial charge on any atom is 0.0994 e. The van der Waals surface area contributed by atoms with E-state index in [-0.39, 0.29) is 0 Å². The van der Waals surface area contributed by atoms with Gasteiger partial charge in [0.25, 0.3) is 0 Å². The van der Waals surface area contributed by atoms with Crippen LogP contribution in [0, 0.1) is 25.2 Å². The molecule has 0 aliphatic carbocycles. The van der Waals surface area contributed by atoms with Crippen LogP contribution in [0.4, 0.5) is 11.4 Å². The van der Waals surface area contributed by atoms with Crippen molar-refractivity contribution < 1.29 is 0 Å². The van der Waals surface area contributed by atoms with Crippen LogP contribution in [-0.4, -0.2) is 7.05 Å². The average Bonchev–Trinajstić information content (AvgIpc) is 2.37. The molecule has 0 aliphatic heterocycles. The van der Waals surface area contributed by atoms with Crippen molar-refractivity contribution >= 4 is 11.4 Å². The molecule has 0 fully saturated rings. The third kappa shape index (κ3) is 2.36. The SMILES string of the molecule is Cc1cccc(N(C)c2ccc(C#N)c(C)c2)c1. The highest BCUT2D eigenvalue weighted by Gasteiger charge is 2.06. The number of rotatable bonds is 2. The topological polar surface area (TPSA) is 27.0 Å². The van der Waals surface area contributed by atoms with E-state index in [0.29, 0.717) is 0 Å². The van der Waals surface area contributed by atoms with E-state index in [1.807, 2.05) is 32.2 Å². The first-order chi connectivity index (χ1) is 8.61. The molecule has 2 nitrogen and oxygen atoms in total. The smallest absolute Gasteiger partial charge is 0.0994 e. The molecule has 2 aromatic rings. The molecule has 90 valence electrons. The number of nitrogens with zero attached hydrogens (tertiary/aromatic N) is 2. The Morgan fingerprint density at radius 3 is 2.33 bits per heavy atom. The first-order valence-corrected chi connectivity index (χ1v) is 5.93. The minimum absolute atomic E-state index is 0.733. The van der Waals surface area contributed by atoms with E-state index in [0.717, 1.165) is 22.5 Å². The lowest BCUT2D eigenvalue weighted by Gasteiger charge is -2.20. The van der Waals surface area contributed by atoms with Crippen LogP contribution >= 0.6 is 0 Å². The number of anilines is 2. The summed E-state index contributed by atoms with van der Waals surface area (Å²) in [5.41, 5.74) is 5.23. The van der Waals surface area contributed by atoms with Gasteiger partial charge in [0.2, 0.25) is 0 Å². The molecule has 0 bridgehead atoms. The summed E-state index contributed by atoms with van der Waals surface area (Å²) in [5.74, 6) is 0. The second kappa shape index (κ2) is 4.93. The van der Waals surface area contributed by atoms with Crippen LogP contribution in [0.25, 0.3) is 0 Å². The Labute approximate surface area is 108 Å². The predicted octanol–water partition coefficient (Wildman–Crippen LogP) is 3.94. The van der Waals surface area contributed by atoms with Crippen LogP contribution in [0.1, 0.15) is 16.7 Å². The van der Waals surface area contributed by atoms with Gasteiger partial charge in [-0.2, -0.15) is 5.26 Å². The largest absolute Gasteiger partial charge is 0.345 e. The Morgan fingerprint density at radius 1 is 1.00 bits per heavy atom. The predicted molar refractivity (Wildman–Crippen MR) is 75.1 cm³/mol. The first kappa shape index (κ1) is 12.2. The maximum atomic E-state index is 8.94. The fraction of sp³-hybridized carbons (Fsp3) is 0.188. The number of nitriles is 1. The summed E-state index contributed by atoms with van der Waals surface area (Å²) in [7, 11) is 2.04. The van der Waals surface area contributed by atoms with Gasteiger partial charge in [-0.05, 0) is 55.3 Å². The zero-order chi connectivity index (χ0) is 13.1. The fourth-order valence-corrected chi connectivity index (χ4v) is 1.97. The standard InChI is InChI=1S/C16H16N2/c1-12-5-4-6-15(9-12)18(3)16-8-7-14(11-17)13(2)10-16/h4-10H,1-3H3. The van der Waals surface area contributed by atoms with Crippen molar-refractivity contribution in [2.24, 2.45) is 0 Å². The summed E-state index contributed by atoms with van der Waals surface area (Å²) >= 11 is 0. The van der Waals surface area contributed by atoms with E-state index in [4.69, 9.17) is 5.26 Å². The van der Waals surface area contributed by atoms with Gasteiger partial charge >= 0.3 is 0 Å². The zero-order valence-corrected chi connectivity index (χ0v) is 10.9. The van der Waals surface area contributed by atoms with Gasteiger partial charge in [-0.15, -0.1) is 0 Å². The molecule has 0 heterocycles. The van der Waals surface area contributed by atoms with Crippen molar-refractivity contribution in [3.05, 3.63) is 59.2 Å². The summed E-state index contributed by atoms with van der Waals surface area (Å²) < 4.78 is 0. The van der Waals surface area contributed by atoms with Crippen LogP contribution < -0.4 is 4.90 Å². The summed E-state index contributed by atoms with van der Waals surface area (Å²) in [4.78, 5) is 2.13. The number of aryl methyl sites for hydroxylation is 2. The second-order valence-corrected chi connectivity index (χ2v) is 4.51. The molecule has 0 spiro atoms. The van der Waals surface area contributed by atoms with Gasteiger partial charge in [-0.1, -0.05) is 12.1 Å². The van der Waals surface area contributed by atoms with E-state index in [9.17, 15) is 0 Å². The normalized spacial score (nSPS) is 9.89. The van der Waals surface area contributed by atoms with Gasteiger partial charge < -0.3 is 4.90 Å². The summed E-state index contributed by atoms with van der Waals surface area (Å²) in [6.07, 6.45) is 0. The Bertz CT molecular complexity index is 609. The molecule has 0 atom stereocenters.